The molecule has 1 aromatic heterocycles. The van der Waals surface area contributed by atoms with Crippen LogP contribution in [-0.4, -0.2) is 10.8 Å². The van der Waals surface area contributed by atoms with Crippen LogP contribution in [0.15, 0.2) is 48.7 Å². The maximum absolute atomic E-state index is 14.0. The van der Waals surface area contributed by atoms with Crippen molar-refractivity contribution in [2.45, 2.75) is 6.92 Å². The molecular weight excluding hydrogens is 272 g/mol. The number of carbonyl (C=O) groups excluding carboxylic acids is 1. The first-order valence-corrected chi connectivity index (χ1v) is 6.42. The van der Waals surface area contributed by atoms with Crippen LogP contribution in [-0.2, 0) is 0 Å². The molecular formula is C17H11F2NO. The van der Waals surface area contributed by atoms with Crippen LogP contribution in [0.5, 0.6) is 0 Å². The van der Waals surface area contributed by atoms with Crippen LogP contribution in [0.1, 0.15) is 21.6 Å². The second kappa shape index (κ2) is 5.05. The molecule has 0 aliphatic heterocycles. The maximum Gasteiger partial charge on any atom is 0.215 e. The van der Waals surface area contributed by atoms with Gasteiger partial charge in [0.2, 0.25) is 5.78 Å². The van der Waals surface area contributed by atoms with Gasteiger partial charge >= 0.3 is 0 Å². The van der Waals surface area contributed by atoms with Crippen LogP contribution in [0.25, 0.3) is 10.8 Å². The van der Waals surface area contributed by atoms with E-state index in [1.807, 2.05) is 12.1 Å². The molecule has 21 heavy (non-hydrogen) atoms. The fourth-order valence-electron chi connectivity index (χ4n) is 2.25. The zero-order valence-electron chi connectivity index (χ0n) is 11.2. The average Bonchev–Trinajstić information content (AvgIpc) is 2.51. The molecule has 0 aliphatic rings. The van der Waals surface area contributed by atoms with Crippen LogP contribution >= 0.6 is 0 Å². The summed E-state index contributed by atoms with van der Waals surface area (Å²) in [5.74, 6) is -2.75. The van der Waals surface area contributed by atoms with Crippen molar-refractivity contribution in [3.8, 4) is 0 Å². The molecule has 3 rings (SSSR count). The van der Waals surface area contributed by atoms with E-state index in [0.717, 1.165) is 5.39 Å². The molecule has 0 saturated carbocycles. The van der Waals surface area contributed by atoms with Crippen molar-refractivity contribution in [2.75, 3.05) is 0 Å². The fourth-order valence-corrected chi connectivity index (χ4v) is 2.25. The largest absolute Gasteiger partial charge is 0.287 e. The summed E-state index contributed by atoms with van der Waals surface area (Å²) in [5, 5.41) is 1.44. The van der Waals surface area contributed by atoms with Crippen molar-refractivity contribution in [1.82, 2.24) is 4.98 Å². The average molecular weight is 283 g/mol. The van der Waals surface area contributed by atoms with Gasteiger partial charge in [0.05, 0.1) is 5.56 Å². The molecule has 0 spiro atoms. The summed E-state index contributed by atoms with van der Waals surface area (Å²) < 4.78 is 27.6. The number of rotatable bonds is 2. The minimum atomic E-state index is -1.13. The third-order valence-corrected chi connectivity index (χ3v) is 3.41. The third-order valence-electron chi connectivity index (χ3n) is 3.41. The zero-order chi connectivity index (χ0) is 15.0. The topological polar surface area (TPSA) is 30.0 Å². The predicted octanol–water partition coefficient (Wildman–Crippen LogP) is 4.05. The number of nitrogens with zero attached hydrogens (tertiary/aromatic N) is 1. The number of aromatic nitrogens is 1. The molecule has 0 radical (unpaired) electrons. The van der Waals surface area contributed by atoms with E-state index >= 15 is 0 Å². The third kappa shape index (κ3) is 2.18. The number of carbonyl (C=O) groups is 1. The first-order valence-electron chi connectivity index (χ1n) is 6.42. The summed E-state index contributed by atoms with van der Waals surface area (Å²) in [6.45, 7) is 1.45. The Hall–Kier alpha value is -2.62. The number of hydrogen-bond acceptors (Lipinski definition) is 2. The van der Waals surface area contributed by atoms with Crippen molar-refractivity contribution in [1.29, 1.82) is 0 Å². The van der Waals surface area contributed by atoms with E-state index in [2.05, 4.69) is 4.98 Å². The molecule has 0 aliphatic carbocycles. The minimum Gasteiger partial charge on any atom is -0.287 e. The number of hydrogen-bond donors (Lipinski definition) is 0. The van der Waals surface area contributed by atoms with Crippen molar-refractivity contribution >= 4 is 16.6 Å². The number of pyridine rings is 1. The Bertz CT molecular complexity index is 853. The summed E-state index contributed by atoms with van der Waals surface area (Å²) in [4.78, 5) is 16.5. The van der Waals surface area contributed by atoms with Crippen LogP contribution in [0.4, 0.5) is 8.78 Å². The molecule has 0 amide bonds. The van der Waals surface area contributed by atoms with Gasteiger partial charge in [-0.05, 0) is 30.0 Å². The standard InChI is InChI=1S/C17H11F2NO/c1-10-6-7-13(15(19)14(10)18)17(21)16-12-5-3-2-4-11(12)8-9-20-16/h2-9H,1H3. The Morgan fingerprint density at radius 1 is 1.00 bits per heavy atom. The lowest BCUT2D eigenvalue weighted by molar-refractivity contribution is 0.103. The van der Waals surface area contributed by atoms with Gasteiger partial charge in [-0.25, -0.2) is 8.78 Å². The zero-order valence-corrected chi connectivity index (χ0v) is 11.2. The van der Waals surface area contributed by atoms with Crippen molar-refractivity contribution < 1.29 is 13.6 Å². The number of halogens is 2. The molecule has 0 unspecified atom stereocenters. The Labute approximate surface area is 120 Å². The van der Waals surface area contributed by atoms with Crippen LogP contribution in [0.3, 0.4) is 0 Å². The molecule has 0 bridgehead atoms. The van der Waals surface area contributed by atoms with Gasteiger partial charge in [-0.1, -0.05) is 30.3 Å². The Kier molecular flexibility index (Phi) is 3.22. The highest BCUT2D eigenvalue weighted by Gasteiger charge is 2.21. The van der Waals surface area contributed by atoms with E-state index in [-0.39, 0.29) is 16.8 Å². The van der Waals surface area contributed by atoms with E-state index in [1.165, 1.54) is 25.3 Å². The van der Waals surface area contributed by atoms with E-state index in [4.69, 9.17) is 0 Å². The number of fused-ring (bicyclic) bond motifs is 1. The van der Waals surface area contributed by atoms with E-state index in [0.29, 0.717) is 5.39 Å². The maximum atomic E-state index is 14.0. The molecule has 3 aromatic rings. The molecule has 2 aromatic carbocycles. The van der Waals surface area contributed by atoms with E-state index in [1.54, 1.807) is 18.2 Å². The summed E-state index contributed by atoms with van der Waals surface area (Å²) in [5.41, 5.74) is -0.0212. The van der Waals surface area contributed by atoms with Gasteiger partial charge in [-0.3, -0.25) is 9.78 Å². The van der Waals surface area contributed by atoms with Gasteiger partial charge in [-0.15, -0.1) is 0 Å². The highest BCUT2D eigenvalue weighted by molar-refractivity contribution is 6.15. The predicted molar refractivity (Wildman–Crippen MR) is 76.3 cm³/mol. The van der Waals surface area contributed by atoms with Gasteiger partial charge < -0.3 is 0 Å². The van der Waals surface area contributed by atoms with Crippen LogP contribution in [0, 0.1) is 18.6 Å². The van der Waals surface area contributed by atoms with Gasteiger partial charge in [0.1, 0.15) is 5.69 Å². The summed E-state index contributed by atoms with van der Waals surface area (Å²) in [7, 11) is 0. The number of aryl methyl sites for hydroxylation is 1. The quantitative estimate of drug-likeness (QED) is 0.664. The normalized spacial score (nSPS) is 10.8. The van der Waals surface area contributed by atoms with Gasteiger partial charge in [-0.2, -0.15) is 0 Å². The second-order valence-electron chi connectivity index (χ2n) is 4.77. The van der Waals surface area contributed by atoms with Crippen molar-refractivity contribution in [3.63, 3.8) is 0 Å². The Morgan fingerprint density at radius 3 is 2.57 bits per heavy atom. The van der Waals surface area contributed by atoms with Gasteiger partial charge in [0.15, 0.2) is 11.6 Å². The van der Waals surface area contributed by atoms with Crippen molar-refractivity contribution in [2.24, 2.45) is 0 Å². The Balaban J connectivity index is 2.20. The van der Waals surface area contributed by atoms with Crippen LogP contribution in [0.2, 0.25) is 0 Å². The fraction of sp³-hybridized carbons (Fsp3) is 0.0588. The molecule has 0 N–H and O–H groups in total. The monoisotopic (exact) mass is 283 g/mol. The lowest BCUT2D eigenvalue weighted by Gasteiger charge is -2.07. The summed E-state index contributed by atoms with van der Waals surface area (Å²) in [6.07, 6.45) is 1.48. The Morgan fingerprint density at radius 2 is 1.76 bits per heavy atom. The smallest absolute Gasteiger partial charge is 0.215 e. The summed E-state index contributed by atoms with van der Waals surface area (Å²) in [6, 6.07) is 11.6. The molecule has 1 heterocycles. The molecule has 0 fully saturated rings. The summed E-state index contributed by atoms with van der Waals surface area (Å²) >= 11 is 0. The molecule has 0 saturated heterocycles. The molecule has 4 heteroatoms. The SMILES string of the molecule is Cc1ccc(C(=O)c2nccc3ccccc23)c(F)c1F. The van der Waals surface area contributed by atoms with E-state index < -0.39 is 17.4 Å². The lowest BCUT2D eigenvalue weighted by atomic mass is 10.0. The molecule has 104 valence electrons. The van der Waals surface area contributed by atoms with Crippen molar-refractivity contribution in [3.05, 3.63) is 77.1 Å². The lowest BCUT2D eigenvalue weighted by Crippen LogP contribution is -2.09. The minimum absolute atomic E-state index is 0.121. The van der Waals surface area contributed by atoms with Gasteiger partial charge in [0.25, 0.3) is 0 Å². The van der Waals surface area contributed by atoms with Gasteiger partial charge in [0, 0.05) is 11.6 Å². The highest BCUT2D eigenvalue weighted by Crippen LogP contribution is 2.22. The second-order valence-corrected chi connectivity index (χ2v) is 4.77. The first kappa shape index (κ1) is 13.4. The first-order chi connectivity index (χ1) is 10.1. The highest BCUT2D eigenvalue weighted by atomic mass is 19.2. The number of benzene rings is 2. The number of ketones is 1. The van der Waals surface area contributed by atoms with E-state index in [9.17, 15) is 13.6 Å². The molecule has 2 nitrogen and oxygen atoms in total. The van der Waals surface area contributed by atoms with Crippen LogP contribution < -0.4 is 0 Å². The molecule has 0 atom stereocenters.